The molecular weight excluding hydrogens is 381 g/mol. The lowest BCUT2D eigenvalue weighted by Gasteiger charge is -2.27. The average Bonchev–Trinajstić information content (AvgIpc) is 2.77. The molecule has 0 aliphatic heterocycles. The molecule has 1 amide bonds. The lowest BCUT2D eigenvalue weighted by Crippen LogP contribution is -2.36. The van der Waals surface area contributed by atoms with Crippen LogP contribution in [0.4, 0.5) is 4.39 Å². The molecule has 0 unspecified atom stereocenters. The maximum absolute atomic E-state index is 13.4. The zero-order chi connectivity index (χ0) is 21.5. The van der Waals surface area contributed by atoms with E-state index >= 15 is 0 Å². The first-order chi connectivity index (χ1) is 14.5. The van der Waals surface area contributed by atoms with Crippen LogP contribution in [0.1, 0.15) is 50.7 Å². The van der Waals surface area contributed by atoms with Gasteiger partial charge >= 0.3 is 0 Å². The largest absolute Gasteiger partial charge is 0.464 e. The Bertz CT molecular complexity index is 1040. The van der Waals surface area contributed by atoms with Gasteiger partial charge in [0.05, 0.1) is 23.8 Å². The smallest absolute Gasteiger partial charge is 0.226 e. The first-order valence-corrected chi connectivity index (χ1v) is 10.6. The molecule has 0 saturated carbocycles. The van der Waals surface area contributed by atoms with Gasteiger partial charge in [0, 0.05) is 12.5 Å². The molecule has 1 heterocycles. The summed E-state index contributed by atoms with van der Waals surface area (Å²) in [7, 11) is 0. The summed E-state index contributed by atoms with van der Waals surface area (Å²) in [6.45, 7) is 4.59. The Labute approximate surface area is 176 Å². The average molecular weight is 410 g/mol. The van der Waals surface area contributed by atoms with Crippen molar-refractivity contribution in [3.8, 4) is 0 Å². The van der Waals surface area contributed by atoms with E-state index in [0.717, 1.165) is 31.2 Å². The van der Waals surface area contributed by atoms with E-state index in [0.29, 0.717) is 23.1 Å². The number of halogens is 1. The molecule has 0 saturated heterocycles. The van der Waals surface area contributed by atoms with Gasteiger partial charge in [0.15, 0.2) is 5.43 Å². The summed E-state index contributed by atoms with van der Waals surface area (Å²) >= 11 is 0. The summed E-state index contributed by atoms with van der Waals surface area (Å²) in [5.41, 5.74) is 1.65. The molecule has 0 aliphatic carbocycles. The second-order valence-corrected chi connectivity index (χ2v) is 7.65. The van der Waals surface area contributed by atoms with Crippen LogP contribution in [0.3, 0.4) is 0 Å². The summed E-state index contributed by atoms with van der Waals surface area (Å²) in [4.78, 5) is 28.0. The Morgan fingerprint density at radius 1 is 1.07 bits per heavy atom. The quantitative estimate of drug-likeness (QED) is 0.457. The lowest BCUT2D eigenvalue weighted by atomic mass is 9.97. The number of hydrogen-bond acceptors (Lipinski definition) is 3. The number of benzene rings is 2. The van der Waals surface area contributed by atoms with Crippen molar-refractivity contribution < 1.29 is 13.6 Å². The number of carbonyl (C=O) groups is 1. The molecule has 30 heavy (non-hydrogen) atoms. The number of nitrogens with zero attached hydrogens (tertiary/aromatic N) is 1. The van der Waals surface area contributed by atoms with E-state index in [4.69, 9.17) is 4.42 Å². The maximum Gasteiger partial charge on any atom is 0.226 e. The van der Waals surface area contributed by atoms with Crippen LogP contribution >= 0.6 is 0 Å². The van der Waals surface area contributed by atoms with Crippen molar-refractivity contribution in [2.45, 2.75) is 52.6 Å². The first-order valence-electron chi connectivity index (χ1n) is 10.6. The summed E-state index contributed by atoms with van der Waals surface area (Å²) in [5, 5.41) is 0.502. The standard InChI is InChI=1S/C25H28FNO3/c1-3-5-8-19(4-2)25(29)27(15-18-11-13-21(26)14-12-18)16-20-17-30-23-10-7-6-9-22(23)24(20)28/h6-7,9-14,17,19H,3-5,8,15-16H2,1-2H3/t19-/m0/s1. The van der Waals surface area contributed by atoms with Crippen molar-refractivity contribution >= 4 is 16.9 Å². The van der Waals surface area contributed by atoms with E-state index < -0.39 is 0 Å². The van der Waals surface area contributed by atoms with Crippen LogP contribution < -0.4 is 5.43 Å². The Balaban J connectivity index is 1.92. The molecule has 1 atom stereocenters. The Hall–Kier alpha value is -2.95. The van der Waals surface area contributed by atoms with Crippen molar-refractivity contribution in [2.24, 2.45) is 5.92 Å². The van der Waals surface area contributed by atoms with Gasteiger partial charge in [0.25, 0.3) is 0 Å². The summed E-state index contributed by atoms with van der Waals surface area (Å²) in [6.07, 6.45) is 5.01. The van der Waals surface area contributed by atoms with E-state index in [-0.39, 0.29) is 29.6 Å². The second-order valence-electron chi connectivity index (χ2n) is 7.65. The second kappa shape index (κ2) is 10.2. The first kappa shape index (κ1) is 21.8. The number of para-hydroxylation sites is 1. The van der Waals surface area contributed by atoms with Gasteiger partial charge < -0.3 is 9.32 Å². The number of rotatable bonds is 9. The third kappa shape index (κ3) is 5.15. The van der Waals surface area contributed by atoms with Gasteiger partial charge in [-0.2, -0.15) is 0 Å². The van der Waals surface area contributed by atoms with Crippen molar-refractivity contribution in [3.05, 3.63) is 82.0 Å². The van der Waals surface area contributed by atoms with E-state index in [9.17, 15) is 14.0 Å². The fraction of sp³-hybridized carbons (Fsp3) is 0.360. The summed E-state index contributed by atoms with van der Waals surface area (Å²) in [5.74, 6) is -0.401. The van der Waals surface area contributed by atoms with Crippen molar-refractivity contribution in [2.75, 3.05) is 0 Å². The zero-order valence-electron chi connectivity index (χ0n) is 17.6. The highest BCUT2D eigenvalue weighted by molar-refractivity contribution is 5.79. The van der Waals surface area contributed by atoms with Crippen LogP contribution in [0.15, 0.2) is 64.0 Å². The fourth-order valence-electron chi connectivity index (χ4n) is 3.67. The zero-order valence-corrected chi connectivity index (χ0v) is 17.6. The third-order valence-electron chi connectivity index (χ3n) is 5.46. The highest BCUT2D eigenvalue weighted by atomic mass is 19.1. The van der Waals surface area contributed by atoms with Crippen LogP contribution in [0.25, 0.3) is 11.0 Å². The predicted molar refractivity (Wildman–Crippen MR) is 116 cm³/mol. The highest BCUT2D eigenvalue weighted by Crippen LogP contribution is 2.20. The third-order valence-corrected chi connectivity index (χ3v) is 5.46. The van der Waals surface area contributed by atoms with Gasteiger partial charge in [-0.3, -0.25) is 9.59 Å². The molecular formula is C25H28FNO3. The topological polar surface area (TPSA) is 50.5 Å². The monoisotopic (exact) mass is 409 g/mol. The summed E-state index contributed by atoms with van der Waals surface area (Å²) < 4.78 is 19.0. The minimum Gasteiger partial charge on any atom is -0.464 e. The van der Waals surface area contributed by atoms with E-state index in [1.165, 1.54) is 18.4 Å². The minimum absolute atomic E-state index is 0.0165. The van der Waals surface area contributed by atoms with E-state index in [2.05, 4.69) is 6.92 Å². The number of hydrogen-bond donors (Lipinski definition) is 0. The van der Waals surface area contributed by atoms with Gasteiger partial charge in [-0.25, -0.2) is 4.39 Å². The predicted octanol–water partition coefficient (Wildman–Crippen LogP) is 5.68. The van der Waals surface area contributed by atoms with E-state index in [1.807, 2.05) is 13.0 Å². The van der Waals surface area contributed by atoms with Crippen LogP contribution in [0.2, 0.25) is 0 Å². The van der Waals surface area contributed by atoms with Gasteiger partial charge in [-0.05, 0) is 42.7 Å². The Morgan fingerprint density at radius 3 is 2.50 bits per heavy atom. The molecule has 5 heteroatoms. The van der Waals surface area contributed by atoms with Gasteiger partial charge in [-0.15, -0.1) is 0 Å². The molecule has 0 N–H and O–H groups in total. The number of amides is 1. The van der Waals surface area contributed by atoms with Crippen LogP contribution in [-0.4, -0.2) is 10.8 Å². The number of carbonyl (C=O) groups excluding carboxylic acids is 1. The molecule has 1 aromatic heterocycles. The molecule has 0 radical (unpaired) electrons. The lowest BCUT2D eigenvalue weighted by molar-refractivity contribution is -0.137. The van der Waals surface area contributed by atoms with Crippen LogP contribution in [0, 0.1) is 11.7 Å². The molecule has 2 aromatic carbocycles. The molecule has 3 rings (SSSR count). The number of fused-ring (bicyclic) bond motifs is 1. The van der Waals surface area contributed by atoms with Crippen molar-refractivity contribution in [1.29, 1.82) is 0 Å². The highest BCUT2D eigenvalue weighted by Gasteiger charge is 2.24. The normalized spacial score (nSPS) is 12.1. The molecule has 4 nitrogen and oxygen atoms in total. The van der Waals surface area contributed by atoms with E-state index in [1.54, 1.807) is 35.2 Å². The van der Waals surface area contributed by atoms with Gasteiger partial charge in [-0.1, -0.05) is 51.0 Å². The minimum atomic E-state index is -0.318. The fourth-order valence-corrected chi connectivity index (χ4v) is 3.67. The summed E-state index contributed by atoms with van der Waals surface area (Å²) in [6, 6.07) is 13.2. The number of unbranched alkanes of at least 4 members (excludes halogenated alkanes) is 1. The van der Waals surface area contributed by atoms with Crippen molar-refractivity contribution in [1.82, 2.24) is 4.90 Å². The molecule has 0 fully saturated rings. The molecule has 0 bridgehead atoms. The Morgan fingerprint density at radius 2 is 1.80 bits per heavy atom. The van der Waals surface area contributed by atoms with Gasteiger partial charge in [0.2, 0.25) is 5.91 Å². The van der Waals surface area contributed by atoms with Crippen LogP contribution in [-0.2, 0) is 17.9 Å². The maximum atomic E-state index is 13.4. The van der Waals surface area contributed by atoms with Crippen molar-refractivity contribution in [3.63, 3.8) is 0 Å². The molecule has 0 spiro atoms. The molecule has 158 valence electrons. The van der Waals surface area contributed by atoms with Crippen LogP contribution in [0.5, 0.6) is 0 Å². The SMILES string of the molecule is CCCC[C@H](CC)C(=O)N(Cc1ccc(F)cc1)Cc1coc2ccccc2c1=O. The molecule has 0 aliphatic rings. The Kier molecular flexibility index (Phi) is 7.39. The molecule has 3 aromatic rings. The van der Waals surface area contributed by atoms with Gasteiger partial charge in [0.1, 0.15) is 11.4 Å².